The summed E-state index contributed by atoms with van der Waals surface area (Å²) in [5.41, 5.74) is 2.57. The number of aldehydes is 1. The molecule has 3 heterocycles. The molecule has 2 aromatic rings. The summed E-state index contributed by atoms with van der Waals surface area (Å²) in [5, 5.41) is 0. The predicted molar refractivity (Wildman–Crippen MR) is 79.3 cm³/mol. The lowest BCUT2D eigenvalue weighted by molar-refractivity contribution is 0.112. The van der Waals surface area contributed by atoms with Crippen LogP contribution in [0.5, 0.6) is 0 Å². The van der Waals surface area contributed by atoms with Gasteiger partial charge in [0.15, 0.2) is 6.29 Å². The molecule has 0 unspecified atom stereocenters. The fraction of sp³-hybridized carbons (Fsp3) is 0.500. The molecule has 1 fully saturated rings. The van der Waals surface area contributed by atoms with Gasteiger partial charge in [-0.2, -0.15) is 0 Å². The maximum Gasteiger partial charge on any atom is 0.153 e. The van der Waals surface area contributed by atoms with Gasteiger partial charge in [-0.15, -0.1) is 0 Å². The Balaban J connectivity index is 1.83. The summed E-state index contributed by atoms with van der Waals surface area (Å²) in [6.07, 6.45) is 7.23. The fourth-order valence-corrected chi connectivity index (χ4v) is 3.05. The minimum absolute atomic E-state index is 0.518. The van der Waals surface area contributed by atoms with E-state index in [-0.39, 0.29) is 0 Å². The quantitative estimate of drug-likeness (QED) is 0.806. The molecule has 1 aliphatic rings. The highest BCUT2D eigenvalue weighted by Gasteiger charge is 2.24. The van der Waals surface area contributed by atoms with E-state index in [1.54, 1.807) is 0 Å². The number of fused-ring (bicyclic) bond motifs is 1. The van der Waals surface area contributed by atoms with Crippen LogP contribution in [0.25, 0.3) is 5.65 Å². The van der Waals surface area contributed by atoms with Gasteiger partial charge in [0.25, 0.3) is 0 Å². The van der Waals surface area contributed by atoms with Gasteiger partial charge in [-0.05, 0) is 51.9 Å². The number of imidazole rings is 1. The molecule has 4 heteroatoms. The third-order valence-electron chi connectivity index (χ3n) is 4.34. The van der Waals surface area contributed by atoms with Crippen molar-refractivity contribution >= 4 is 11.9 Å². The van der Waals surface area contributed by atoms with Gasteiger partial charge in [-0.1, -0.05) is 0 Å². The Bertz CT molecular complexity index is 609. The van der Waals surface area contributed by atoms with Crippen LogP contribution in [0.15, 0.2) is 24.5 Å². The number of hydrogen-bond acceptors (Lipinski definition) is 3. The van der Waals surface area contributed by atoms with E-state index in [4.69, 9.17) is 4.98 Å². The second kappa shape index (κ2) is 5.37. The van der Waals surface area contributed by atoms with Crippen LogP contribution in [0.4, 0.5) is 0 Å². The average molecular weight is 271 g/mol. The number of rotatable bonds is 3. The van der Waals surface area contributed by atoms with Gasteiger partial charge in [0.05, 0.1) is 11.3 Å². The first kappa shape index (κ1) is 13.3. The van der Waals surface area contributed by atoms with Crippen LogP contribution in [0.1, 0.15) is 48.7 Å². The Morgan fingerprint density at radius 2 is 2.10 bits per heavy atom. The van der Waals surface area contributed by atoms with Crippen molar-refractivity contribution in [3.8, 4) is 0 Å². The molecule has 0 aromatic carbocycles. The van der Waals surface area contributed by atoms with Gasteiger partial charge in [-0.3, -0.25) is 4.79 Å². The first-order chi connectivity index (χ1) is 9.69. The lowest BCUT2D eigenvalue weighted by Gasteiger charge is -2.33. The van der Waals surface area contributed by atoms with Gasteiger partial charge < -0.3 is 9.30 Å². The fourth-order valence-electron chi connectivity index (χ4n) is 3.05. The highest BCUT2D eigenvalue weighted by molar-refractivity contribution is 5.84. The molecule has 0 saturated carbocycles. The number of aromatic nitrogens is 2. The SMILES string of the molecule is CC(C)N1CCC(c2cn3cccc(C=O)c3n2)CC1. The second-order valence-corrected chi connectivity index (χ2v) is 5.88. The predicted octanol–water partition coefficient (Wildman–Crippen LogP) is 2.73. The zero-order chi connectivity index (χ0) is 14.1. The van der Waals surface area contributed by atoms with E-state index in [1.165, 1.54) is 0 Å². The van der Waals surface area contributed by atoms with E-state index in [0.29, 0.717) is 17.5 Å². The summed E-state index contributed by atoms with van der Waals surface area (Å²) in [6.45, 7) is 6.77. The van der Waals surface area contributed by atoms with Crippen molar-refractivity contribution < 1.29 is 4.79 Å². The number of pyridine rings is 1. The van der Waals surface area contributed by atoms with E-state index in [9.17, 15) is 4.79 Å². The summed E-state index contributed by atoms with van der Waals surface area (Å²) in [4.78, 5) is 18.3. The van der Waals surface area contributed by atoms with Crippen molar-refractivity contribution in [1.82, 2.24) is 14.3 Å². The molecule has 2 aromatic heterocycles. The standard InChI is InChI=1S/C16H21N3O/c1-12(2)18-8-5-13(6-9-18)15-10-19-7-3-4-14(11-20)16(19)17-15/h3-4,7,10-13H,5-6,8-9H2,1-2H3. The zero-order valence-corrected chi connectivity index (χ0v) is 12.1. The summed E-state index contributed by atoms with van der Waals surface area (Å²) < 4.78 is 1.97. The summed E-state index contributed by atoms with van der Waals surface area (Å²) in [5.74, 6) is 0.518. The zero-order valence-electron chi connectivity index (χ0n) is 12.1. The third kappa shape index (κ3) is 2.36. The van der Waals surface area contributed by atoms with Crippen molar-refractivity contribution in [3.63, 3.8) is 0 Å². The molecule has 0 radical (unpaired) electrons. The van der Waals surface area contributed by atoms with Crippen LogP contribution in [0, 0.1) is 0 Å². The van der Waals surface area contributed by atoms with Crippen molar-refractivity contribution in [1.29, 1.82) is 0 Å². The molecule has 0 amide bonds. The number of carbonyl (C=O) groups excluding carboxylic acids is 1. The molecule has 3 rings (SSSR count). The van der Waals surface area contributed by atoms with E-state index in [0.717, 1.165) is 43.6 Å². The Morgan fingerprint density at radius 3 is 2.75 bits per heavy atom. The summed E-state index contributed by atoms with van der Waals surface area (Å²) >= 11 is 0. The first-order valence-corrected chi connectivity index (χ1v) is 7.36. The maximum absolute atomic E-state index is 11.1. The van der Waals surface area contributed by atoms with E-state index >= 15 is 0 Å². The minimum Gasteiger partial charge on any atom is -0.306 e. The van der Waals surface area contributed by atoms with Crippen molar-refractivity contribution in [2.45, 2.75) is 38.6 Å². The average Bonchev–Trinajstić information content (AvgIpc) is 2.91. The van der Waals surface area contributed by atoms with E-state index in [2.05, 4.69) is 24.9 Å². The van der Waals surface area contributed by atoms with Gasteiger partial charge in [-0.25, -0.2) is 4.98 Å². The van der Waals surface area contributed by atoms with Crippen LogP contribution in [-0.2, 0) is 0 Å². The van der Waals surface area contributed by atoms with Crippen LogP contribution in [0.2, 0.25) is 0 Å². The highest BCUT2D eigenvalue weighted by atomic mass is 16.1. The van der Waals surface area contributed by atoms with Crippen LogP contribution < -0.4 is 0 Å². The summed E-state index contributed by atoms with van der Waals surface area (Å²) in [6, 6.07) is 4.34. The van der Waals surface area contributed by atoms with E-state index in [1.807, 2.05) is 22.7 Å². The summed E-state index contributed by atoms with van der Waals surface area (Å²) in [7, 11) is 0. The van der Waals surface area contributed by atoms with Crippen molar-refractivity contribution in [3.05, 3.63) is 35.8 Å². The topological polar surface area (TPSA) is 37.6 Å². The lowest BCUT2D eigenvalue weighted by Crippen LogP contribution is -2.37. The molecule has 0 atom stereocenters. The number of likely N-dealkylation sites (tertiary alicyclic amines) is 1. The maximum atomic E-state index is 11.1. The van der Waals surface area contributed by atoms with Crippen molar-refractivity contribution in [2.24, 2.45) is 0 Å². The van der Waals surface area contributed by atoms with Gasteiger partial charge in [0.2, 0.25) is 0 Å². The molecule has 106 valence electrons. The molecule has 0 spiro atoms. The van der Waals surface area contributed by atoms with Gasteiger partial charge >= 0.3 is 0 Å². The Labute approximate surface area is 119 Å². The Kier molecular flexibility index (Phi) is 3.57. The molecule has 0 bridgehead atoms. The molecule has 0 N–H and O–H groups in total. The Morgan fingerprint density at radius 1 is 1.35 bits per heavy atom. The van der Waals surface area contributed by atoms with Crippen molar-refractivity contribution in [2.75, 3.05) is 13.1 Å². The molecule has 20 heavy (non-hydrogen) atoms. The highest BCUT2D eigenvalue weighted by Crippen LogP contribution is 2.28. The Hall–Kier alpha value is -1.68. The number of hydrogen-bond donors (Lipinski definition) is 0. The van der Waals surface area contributed by atoms with Gasteiger partial charge in [0.1, 0.15) is 5.65 Å². The minimum atomic E-state index is 0.518. The number of nitrogens with zero attached hydrogens (tertiary/aromatic N) is 3. The monoisotopic (exact) mass is 271 g/mol. The molecule has 0 aliphatic carbocycles. The molecule has 1 saturated heterocycles. The second-order valence-electron chi connectivity index (χ2n) is 5.88. The lowest BCUT2D eigenvalue weighted by atomic mass is 9.93. The van der Waals surface area contributed by atoms with Gasteiger partial charge in [0, 0.05) is 24.4 Å². The molecular weight excluding hydrogens is 250 g/mol. The largest absolute Gasteiger partial charge is 0.306 e. The van der Waals surface area contributed by atoms with E-state index < -0.39 is 0 Å². The normalized spacial score (nSPS) is 17.9. The van der Waals surface area contributed by atoms with Crippen LogP contribution >= 0.6 is 0 Å². The van der Waals surface area contributed by atoms with Crippen LogP contribution in [0.3, 0.4) is 0 Å². The van der Waals surface area contributed by atoms with Crippen LogP contribution in [-0.4, -0.2) is 39.7 Å². The molecular formula is C16H21N3O. The molecule has 1 aliphatic heterocycles. The molecule has 4 nitrogen and oxygen atoms in total. The smallest absolute Gasteiger partial charge is 0.153 e. The first-order valence-electron chi connectivity index (χ1n) is 7.36. The number of piperidine rings is 1. The third-order valence-corrected chi connectivity index (χ3v) is 4.34. The number of carbonyl (C=O) groups is 1.